The zero-order chi connectivity index (χ0) is 12.3. The van der Waals surface area contributed by atoms with Crippen LogP contribution in [-0.4, -0.2) is 30.6 Å². The molecule has 0 aromatic carbocycles. The van der Waals surface area contributed by atoms with Crippen molar-refractivity contribution >= 4 is 5.91 Å². The van der Waals surface area contributed by atoms with Gasteiger partial charge in [-0.25, -0.2) is 0 Å². The Morgan fingerprint density at radius 1 is 1.47 bits per heavy atom. The normalized spacial score (nSPS) is 31.6. The van der Waals surface area contributed by atoms with Crippen molar-refractivity contribution in [1.29, 1.82) is 0 Å². The van der Waals surface area contributed by atoms with E-state index in [4.69, 9.17) is 5.73 Å². The molecule has 2 fully saturated rings. The quantitative estimate of drug-likeness (QED) is 0.678. The van der Waals surface area contributed by atoms with E-state index < -0.39 is 0 Å². The van der Waals surface area contributed by atoms with Crippen LogP contribution in [0.5, 0.6) is 0 Å². The van der Waals surface area contributed by atoms with Gasteiger partial charge in [-0.15, -0.1) is 0 Å². The fraction of sp³-hybridized carbons (Fsp3) is 0.923. The van der Waals surface area contributed by atoms with Gasteiger partial charge in [0.2, 0.25) is 5.91 Å². The highest BCUT2D eigenvalue weighted by Gasteiger charge is 2.34. The summed E-state index contributed by atoms with van der Waals surface area (Å²) >= 11 is 0. The molecule has 2 unspecified atom stereocenters. The lowest BCUT2D eigenvalue weighted by atomic mass is 9.75. The van der Waals surface area contributed by atoms with Gasteiger partial charge in [0, 0.05) is 24.5 Å². The average molecular weight is 239 g/mol. The van der Waals surface area contributed by atoms with Crippen molar-refractivity contribution in [3.63, 3.8) is 0 Å². The van der Waals surface area contributed by atoms with E-state index in [2.05, 4.69) is 17.6 Å². The molecule has 98 valence electrons. The topological polar surface area (TPSA) is 67.1 Å². The smallest absolute Gasteiger partial charge is 0.221 e. The van der Waals surface area contributed by atoms with E-state index in [1.807, 2.05) is 0 Å². The van der Waals surface area contributed by atoms with Crippen molar-refractivity contribution < 1.29 is 4.79 Å². The molecule has 0 radical (unpaired) electrons. The van der Waals surface area contributed by atoms with Crippen LogP contribution in [0.4, 0.5) is 0 Å². The SMILES string of the molecule is CC1CCCNC1CNC(=O)CC1(N)CCC1. The number of hydrogen-bond acceptors (Lipinski definition) is 3. The molecule has 2 rings (SSSR count). The van der Waals surface area contributed by atoms with Crippen molar-refractivity contribution in [3.8, 4) is 0 Å². The number of hydrogen-bond donors (Lipinski definition) is 3. The molecule has 2 aliphatic rings. The Kier molecular flexibility index (Phi) is 4.05. The summed E-state index contributed by atoms with van der Waals surface area (Å²) < 4.78 is 0. The van der Waals surface area contributed by atoms with Crippen molar-refractivity contribution in [1.82, 2.24) is 10.6 Å². The largest absolute Gasteiger partial charge is 0.354 e. The summed E-state index contributed by atoms with van der Waals surface area (Å²) in [5, 5.41) is 6.49. The van der Waals surface area contributed by atoms with Crippen LogP contribution in [0, 0.1) is 5.92 Å². The molecule has 1 aliphatic carbocycles. The van der Waals surface area contributed by atoms with E-state index in [9.17, 15) is 4.79 Å². The van der Waals surface area contributed by atoms with Crippen molar-refractivity contribution in [2.45, 2.75) is 57.0 Å². The summed E-state index contributed by atoms with van der Waals surface area (Å²) in [5.41, 5.74) is 5.86. The van der Waals surface area contributed by atoms with Crippen molar-refractivity contribution in [3.05, 3.63) is 0 Å². The van der Waals surface area contributed by atoms with Crippen LogP contribution >= 0.6 is 0 Å². The zero-order valence-corrected chi connectivity index (χ0v) is 10.8. The number of nitrogens with two attached hydrogens (primary N) is 1. The van der Waals surface area contributed by atoms with Crippen LogP contribution in [0.15, 0.2) is 0 Å². The number of amides is 1. The number of nitrogens with one attached hydrogen (secondary N) is 2. The molecular weight excluding hydrogens is 214 g/mol. The van der Waals surface area contributed by atoms with E-state index in [1.165, 1.54) is 19.3 Å². The monoisotopic (exact) mass is 239 g/mol. The Hall–Kier alpha value is -0.610. The number of rotatable bonds is 4. The molecule has 0 spiro atoms. The van der Waals surface area contributed by atoms with E-state index in [-0.39, 0.29) is 11.4 Å². The lowest BCUT2D eigenvalue weighted by Crippen LogP contribution is -2.52. The van der Waals surface area contributed by atoms with Gasteiger partial charge in [-0.1, -0.05) is 6.92 Å². The maximum absolute atomic E-state index is 11.8. The first kappa shape index (κ1) is 12.8. The maximum atomic E-state index is 11.8. The molecule has 0 aromatic rings. The van der Waals surface area contributed by atoms with Gasteiger partial charge >= 0.3 is 0 Å². The standard InChI is InChI=1S/C13H25N3O/c1-10-4-2-7-15-11(10)9-16-12(17)8-13(14)5-3-6-13/h10-11,15H,2-9,14H2,1H3,(H,16,17). The number of carbonyl (C=O) groups is 1. The van der Waals surface area contributed by atoms with Crippen LogP contribution in [0.3, 0.4) is 0 Å². The average Bonchev–Trinajstić information content (AvgIpc) is 2.26. The second-order valence-corrected chi connectivity index (χ2v) is 5.88. The molecular formula is C13H25N3O. The fourth-order valence-corrected chi connectivity index (χ4v) is 2.80. The van der Waals surface area contributed by atoms with Crippen molar-refractivity contribution in [2.24, 2.45) is 11.7 Å². The molecule has 4 nitrogen and oxygen atoms in total. The molecule has 1 saturated heterocycles. The molecule has 2 atom stereocenters. The fourth-order valence-electron chi connectivity index (χ4n) is 2.80. The Labute approximate surface area is 104 Å². The Balaban J connectivity index is 1.68. The van der Waals surface area contributed by atoms with E-state index in [0.717, 1.165) is 25.9 Å². The van der Waals surface area contributed by atoms with Crippen LogP contribution in [-0.2, 0) is 4.79 Å². The minimum atomic E-state index is -0.199. The number of piperidine rings is 1. The van der Waals surface area contributed by atoms with Crippen molar-refractivity contribution in [2.75, 3.05) is 13.1 Å². The van der Waals surface area contributed by atoms with Gasteiger partial charge in [0.15, 0.2) is 0 Å². The second-order valence-electron chi connectivity index (χ2n) is 5.88. The van der Waals surface area contributed by atoms with E-state index >= 15 is 0 Å². The van der Waals surface area contributed by atoms with Gasteiger partial charge in [0.05, 0.1) is 0 Å². The Morgan fingerprint density at radius 2 is 2.24 bits per heavy atom. The molecule has 17 heavy (non-hydrogen) atoms. The molecule has 1 heterocycles. The highest BCUT2D eigenvalue weighted by atomic mass is 16.1. The summed E-state index contributed by atoms with van der Waals surface area (Å²) in [6.45, 7) is 4.07. The third-order valence-electron chi connectivity index (χ3n) is 4.31. The first-order chi connectivity index (χ1) is 8.09. The zero-order valence-electron chi connectivity index (χ0n) is 10.8. The first-order valence-corrected chi connectivity index (χ1v) is 6.88. The third-order valence-corrected chi connectivity index (χ3v) is 4.31. The molecule has 1 saturated carbocycles. The van der Waals surface area contributed by atoms with Gasteiger partial charge < -0.3 is 16.4 Å². The van der Waals surface area contributed by atoms with Crippen LogP contribution in [0.25, 0.3) is 0 Å². The highest BCUT2D eigenvalue weighted by Crippen LogP contribution is 2.31. The minimum absolute atomic E-state index is 0.117. The lowest BCUT2D eigenvalue weighted by molar-refractivity contribution is -0.123. The predicted octanol–water partition coefficient (Wildman–Crippen LogP) is 0.762. The highest BCUT2D eigenvalue weighted by molar-refractivity contribution is 5.77. The Morgan fingerprint density at radius 3 is 2.82 bits per heavy atom. The molecule has 4 heteroatoms. The minimum Gasteiger partial charge on any atom is -0.354 e. The van der Waals surface area contributed by atoms with Gasteiger partial charge in [-0.05, 0) is 44.6 Å². The van der Waals surface area contributed by atoms with Crippen LogP contribution in [0.2, 0.25) is 0 Å². The van der Waals surface area contributed by atoms with Crippen LogP contribution in [0.1, 0.15) is 45.4 Å². The molecule has 4 N–H and O–H groups in total. The van der Waals surface area contributed by atoms with E-state index in [0.29, 0.717) is 18.4 Å². The molecule has 0 bridgehead atoms. The van der Waals surface area contributed by atoms with Gasteiger partial charge in [0.25, 0.3) is 0 Å². The summed E-state index contributed by atoms with van der Waals surface area (Å²) in [4.78, 5) is 11.8. The molecule has 0 aromatic heterocycles. The lowest BCUT2D eigenvalue weighted by Gasteiger charge is -2.37. The van der Waals surface area contributed by atoms with E-state index in [1.54, 1.807) is 0 Å². The summed E-state index contributed by atoms with van der Waals surface area (Å²) in [5.74, 6) is 0.770. The molecule has 1 aliphatic heterocycles. The van der Waals surface area contributed by atoms with Gasteiger partial charge in [-0.3, -0.25) is 4.79 Å². The third kappa shape index (κ3) is 3.42. The Bertz CT molecular complexity index is 276. The summed E-state index contributed by atoms with van der Waals surface area (Å²) in [6, 6.07) is 0.433. The van der Waals surface area contributed by atoms with Crippen LogP contribution < -0.4 is 16.4 Å². The second kappa shape index (κ2) is 5.36. The predicted molar refractivity (Wildman–Crippen MR) is 68.6 cm³/mol. The molecule has 1 amide bonds. The summed E-state index contributed by atoms with van der Waals surface area (Å²) in [7, 11) is 0. The number of carbonyl (C=O) groups excluding carboxylic acids is 1. The maximum Gasteiger partial charge on any atom is 0.221 e. The van der Waals surface area contributed by atoms with Gasteiger partial charge in [-0.2, -0.15) is 0 Å². The van der Waals surface area contributed by atoms with Gasteiger partial charge in [0.1, 0.15) is 0 Å². The summed E-state index contributed by atoms with van der Waals surface area (Å²) in [6.07, 6.45) is 6.17. The first-order valence-electron chi connectivity index (χ1n) is 6.88.